The molecule has 0 amide bonds. The molecule has 0 N–H and O–H groups in total. The normalized spacial score (nSPS) is 9.65. The van der Waals surface area contributed by atoms with E-state index < -0.39 is 0 Å². The van der Waals surface area contributed by atoms with Crippen LogP contribution in [0.3, 0.4) is 0 Å². The molecule has 1 aromatic carbocycles. The zero-order valence-corrected chi connectivity index (χ0v) is 9.08. The van der Waals surface area contributed by atoms with Crippen LogP contribution < -0.4 is 9.47 Å². The summed E-state index contributed by atoms with van der Waals surface area (Å²) in [5.74, 6) is 1.46. The molecule has 0 aliphatic rings. The van der Waals surface area contributed by atoms with E-state index in [1.54, 1.807) is 18.2 Å². The molecule has 6 nitrogen and oxygen atoms in total. The van der Waals surface area contributed by atoms with Crippen LogP contribution in [-0.2, 0) is 6.61 Å². The first-order chi connectivity index (χ1) is 8.33. The maximum atomic E-state index is 8.75. The summed E-state index contributed by atoms with van der Waals surface area (Å²) in [4.78, 5) is 3.82. The van der Waals surface area contributed by atoms with Gasteiger partial charge in [0, 0.05) is 6.07 Å². The van der Waals surface area contributed by atoms with Gasteiger partial charge in [-0.15, -0.1) is 0 Å². The van der Waals surface area contributed by atoms with Crippen LogP contribution in [0, 0.1) is 11.3 Å². The zero-order chi connectivity index (χ0) is 12.1. The van der Waals surface area contributed by atoms with Crippen LogP contribution in [0.5, 0.6) is 11.5 Å². The molecule has 0 aliphatic carbocycles. The molecule has 0 unspecified atom stereocenters. The number of nitriles is 1. The molecule has 6 heteroatoms. The molecule has 2 rings (SSSR count). The molecular weight excluding hydrogens is 222 g/mol. The van der Waals surface area contributed by atoms with Gasteiger partial charge in [0.25, 0.3) is 0 Å². The Bertz CT molecular complexity index is 531. The Morgan fingerprint density at radius 2 is 2.29 bits per heavy atom. The van der Waals surface area contributed by atoms with Gasteiger partial charge in [0.1, 0.15) is 0 Å². The Kier molecular flexibility index (Phi) is 3.21. The van der Waals surface area contributed by atoms with Crippen LogP contribution >= 0.6 is 0 Å². The lowest BCUT2D eigenvalue weighted by Gasteiger charge is -2.08. The second-order valence-corrected chi connectivity index (χ2v) is 3.11. The fraction of sp³-hybridized carbons (Fsp3) is 0.182. The Hall–Kier alpha value is -2.55. The minimum absolute atomic E-state index is 0.179. The third kappa shape index (κ3) is 2.52. The fourth-order valence-electron chi connectivity index (χ4n) is 1.25. The molecule has 0 saturated heterocycles. The molecule has 0 spiro atoms. The molecule has 0 fully saturated rings. The van der Waals surface area contributed by atoms with Crippen molar-refractivity contribution in [2.45, 2.75) is 6.61 Å². The first-order valence-electron chi connectivity index (χ1n) is 4.79. The molecule has 1 heterocycles. The van der Waals surface area contributed by atoms with Gasteiger partial charge >= 0.3 is 0 Å². The average molecular weight is 231 g/mol. The minimum Gasteiger partial charge on any atom is -0.493 e. The SMILES string of the molecule is COc1cc(C#N)ccc1OCc1ncon1. The van der Waals surface area contributed by atoms with Crippen molar-refractivity contribution in [3.63, 3.8) is 0 Å². The maximum absolute atomic E-state index is 8.75. The summed E-state index contributed by atoms with van der Waals surface area (Å²) in [6, 6.07) is 6.94. The van der Waals surface area contributed by atoms with Gasteiger partial charge in [0.15, 0.2) is 18.1 Å². The van der Waals surface area contributed by atoms with E-state index >= 15 is 0 Å². The van der Waals surface area contributed by atoms with E-state index in [2.05, 4.69) is 14.7 Å². The summed E-state index contributed by atoms with van der Waals surface area (Å²) in [5.41, 5.74) is 0.508. The zero-order valence-electron chi connectivity index (χ0n) is 9.08. The van der Waals surface area contributed by atoms with E-state index in [0.29, 0.717) is 22.9 Å². The number of benzene rings is 1. The van der Waals surface area contributed by atoms with E-state index in [4.69, 9.17) is 14.7 Å². The lowest BCUT2D eigenvalue weighted by Crippen LogP contribution is -1.99. The number of aromatic nitrogens is 2. The Morgan fingerprint density at radius 3 is 2.94 bits per heavy atom. The average Bonchev–Trinajstić information content (AvgIpc) is 2.89. The van der Waals surface area contributed by atoms with Crippen LogP contribution in [0.4, 0.5) is 0 Å². The minimum atomic E-state index is 0.179. The quantitative estimate of drug-likeness (QED) is 0.793. The predicted octanol–water partition coefficient (Wildman–Crippen LogP) is 1.53. The third-order valence-corrected chi connectivity index (χ3v) is 2.06. The van der Waals surface area contributed by atoms with Crippen molar-refractivity contribution >= 4 is 0 Å². The lowest BCUT2D eigenvalue weighted by atomic mass is 10.2. The maximum Gasteiger partial charge on any atom is 0.213 e. The molecular formula is C11H9N3O3. The summed E-state index contributed by atoms with van der Waals surface area (Å²) in [5, 5.41) is 12.4. The van der Waals surface area contributed by atoms with Gasteiger partial charge < -0.3 is 14.0 Å². The van der Waals surface area contributed by atoms with Crippen LogP contribution in [0.15, 0.2) is 29.1 Å². The summed E-state index contributed by atoms with van der Waals surface area (Å²) in [6.07, 6.45) is 1.23. The molecule has 17 heavy (non-hydrogen) atoms. The van der Waals surface area contributed by atoms with Gasteiger partial charge in [-0.25, -0.2) is 0 Å². The highest BCUT2D eigenvalue weighted by Gasteiger charge is 2.07. The Balaban J connectivity index is 2.13. The highest BCUT2D eigenvalue weighted by atomic mass is 16.5. The van der Waals surface area contributed by atoms with Crippen molar-refractivity contribution in [1.29, 1.82) is 5.26 Å². The molecule has 86 valence electrons. The topological polar surface area (TPSA) is 81.2 Å². The number of hydrogen-bond donors (Lipinski definition) is 0. The monoisotopic (exact) mass is 231 g/mol. The second kappa shape index (κ2) is 4.99. The largest absolute Gasteiger partial charge is 0.493 e. The van der Waals surface area contributed by atoms with Gasteiger partial charge in [-0.05, 0) is 12.1 Å². The first-order valence-corrected chi connectivity index (χ1v) is 4.79. The second-order valence-electron chi connectivity index (χ2n) is 3.11. The standard InChI is InChI=1S/C11H9N3O3/c1-15-10-4-8(5-12)2-3-9(10)16-6-11-13-7-17-14-11/h2-4,7H,6H2,1H3. The van der Waals surface area contributed by atoms with Crippen molar-refractivity contribution < 1.29 is 14.0 Å². The molecule has 0 aliphatic heterocycles. The van der Waals surface area contributed by atoms with Crippen LogP contribution in [0.1, 0.15) is 11.4 Å². The Morgan fingerprint density at radius 1 is 1.41 bits per heavy atom. The Labute approximate surface area is 97.4 Å². The molecule has 0 atom stereocenters. The fourth-order valence-corrected chi connectivity index (χ4v) is 1.25. The molecule has 0 saturated carbocycles. The van der Waals surface area contributed by atoms with Crippen molar-refractivity contribution in [3.05, 3.63) is 36.0 Å². The third-order valence-electron chi connectivity index (χ3n) is 2.06. The van der Waals surface area contributed by atoms with Crippen molar-refractivity contribution in [3.8, 4) is 17.6 Å². The molecule has 2 aromatic rings. The first kappa shape index (κ1) is 11.0. The lowest BCUT2D eigenvalue weighted by molar-refractivity contribution is 0.270. The smallest absolute Gasteiger partial charge is 0.213 e. The van der Waals surface area contributed by atoms with Crippen LogP contribution in [0.25, 0.3) is 0 Å². The van der Waals surface area contributed by atoms with Gasteiger partial charge in [-0.2, -0.15) is 10.2 Å². The van der Waals surface area contributed by atoms with Crippen LogP contribution in [0.2, 0.25) is 0 Å². The van der Waals surface area contributed by atoms with Crippen molar-refractivity contribution in [1.82, 2.24) is 10.1 Å². The number of nitrogens with zero attached hydrogens (tertiary/aromatic N) is 3. The van der Waals surface area contributed by atoms with Gasteiger partial charge in [-0.3, -0.25) is 0 Å². The van der Waals surface area contributed by atoms with Crippen molar-refractivity contribution in [2.75, 3.05) is 7.11 Å². The summed E-state index contributed by atoms with van der Waals surface area (Å²) < 4.78 is 15.2. The van der Waals surface area contributed by atoms with E-state index in [1.165, 1.54) is 13.5 Å². The summed E-state index contributed by atoms with van der Waals surface area (Å²) in [7, 11) is 1.51. The highest BCUT2D eigenvalue weighted by Crippen LogP contribution is 2.28. The number of ether oxygens (including phenoxy) is 2. The summed E-state index contributed by atoms with van der Waals surface area (Å²) >= 11 is 0. The summed E-state index contributed by atoms with van der Waals surface area (Å²) in [6.45, 7) is 0.179. The number of methoxy groups -OCH3 is 1. The van der Waals surface area contributed by atoms with E-state index in [9.17, 15) is 0 Å². The van der Waals surface area contributed by atoms with E-state index in [-0.39, 0.29) is 6.61 Å². The highest BCUT2D eigenvalue weighted by molar-refractivity contribution is 5.46. The van der Waals surface area contributed by atoms with E-state index in [1.807, 2.05) is 6.07 Å². The van der Waals surface area contributed by atoms with E-state index in [0.717, 1.165) is 0 Å². The van der Waals surface area contributed by atoms with Crippen molar-refractivity contribution in [2.24, 2.45) is 0 Å². The molecule has 0 bridgehead atoms. The van der Waals surface area contributed by atoms with Gasteiger partial charge in [0.05, 0.1) is 18.7 Å². The predicted molar refractivity (Wildman–Crippen MR) is 56.3 cm³/mol. The van der Waals surface area contributed by atoms with Gasteiger partial charge in [-0.1, -0.05) is 5.16 Å². The van der Waals surface area contributed by atoms with Crippen LogP contribution in [-0.4, -0.2) is 17.3 Å². The molecule has 1 aromatic heterocycles. The molecule has 0 radical (unpaired) electrons. The number of hydrogen-bond acceptors (Lipinski definition) is 6. The number of rotatable bonds is 4. The van der Waals surface area contributed by atoms with Gasteiger partial charge in [0.2, 0.25) is 12.2 Å².